The number of rotatable bonds is 8. The molecule has 27 heavy (non-hydrogen) atoms. The quantitative estimate of drug-likeness (QED) is 0.527. The number of benzene rings is 2. The number of hydrogen-bond donors (Lipinski definition) is 1. The zero-order chi connectivity index (χ0) is 20.0. The minimum absolute atomic E-state index is 0.0584. The van der Waals surface area contributed by atoms with E-state index in [9.17, 15) is 26.8 Å². The third-order valence-electron chi connectivity index (χ3n) is 3.33. The number of Topliss-reactive ketones (excluding diaryl/α,β-unsaturated/α-hetero) is 1. The first kappa shape index (κ1) is 20.9. The lowest BCUT2D eigenvalue weighted by molar-refractivity contribution is -0.142. The van der Waals surface area contributed by atoms with Crippen molar-refractivity contribution >= 4 is 33.4 Å². The van der Waals surface area contributed by atoms with Gasteiger partial charge in [0, 0.05) is 17.1 Å². The van der Waals surface area contributed by atoms with Crippen LogP contribution in [0.1, 0.15) is 16.8 Å². The van der Waals surface area contributed by atoms with Crippen LogP contribution in [0.25, 0.3) is 0 Å². The number of ketones is 1. The van der Waals surface area contributed by atoms with E-state index in [0.29, 0.717) is 6.07 Å². The van der Waals surface area contributed by atoms with Crippen molar-refractivity contribution in [1.82, 2.24) is 4.72 Å². The summed E-state index contributed by atoms with van der Waals surface area (Å²) in [7, 11) is -3.85. The highest BCUT2D eigenvalue weighted by Gasteiger charge is 2.16. The van der Waals surface area contributed by atoms with Crippen molar-refractivity contribution in [1.29, 1.82) is 0 Å². The molecule has 144 valence electrons. The molecule has 0 heterocycles. The molecule has 0 atom stereocenters. The van der Waals surface area contributed by atoms with Gasteiger partial charge in [0.2, 0.25) is 10.0 Å². The van der Waals surface area contributed by atoms with E-state index in [0.717, 1.165) is 12.1 Å². The van der Waals surface area contributed by atoms with Crippen LogP contribution in [0, 0.1) is 11.6 Å². The highest BCUT2D eigenvalue weighted by atomic mass is 35.5. The van der Waals surface area contributed by atoms with Crippen LogP contribution in [0.5, 0.6) is 0 Å². The van der Waals surface area contributed by atoms with Crippen molar-refractivity contribution < 1.29 is 31.5 Å². The van der Waals surface area contributed by atoms with Crippen molar-refractivity contribution in [2.75, 3.05) is 13.2 Å². The molecule has 0 aliphatic heterocycles. The van der Waals surface area contributed by atoms with E-state index in [4.69, 9.17) is 16.3 Å². The zero-order valence-corrected chi connectivity index (χ0v) is 15.3. The maximum atomic E-state index is 13.1. The highest BCUT2D eigenvalue weighted by Crippen LogP contribution is 2.15. The first-order chi connectivity index (χ1) is 12.7. The van der Waals surface area contributed by atoms with E-state index in [2.05, 4.69) is 4.72 Å². The molecule has 0 saturated heterocycles. The van der Waals surface area contributed by atoms with Crippen molar-refractivity contribution in [2.45, 2.75) is 11.3 Å². The Morgan fingerprint density at radius 2 is 1.81 bits per heavy atom. The summed E-state index contributed by atoms with van der Waals surface area (Å²) in [4.78, 5) is 23.3. The summed E-state index contributed by atoms with van der Waals surface area (Å²) in [5.74, 6) is -3.85. The Balaban J connectivity index is 1.80. The number of nitrogens with one attached hydrogen (secondary N) is 1. The third kappa shape index (κ3) is 6.09. The Morgan fingerprint density at radius 1 is 1.07 bits per heavy atom. The zero-order valence-electron chi connectivity index (χ0n) is 13.7. The summed E-state index contributed by atoms with van der Waals surface area (Å²) >= 11 is 5.73. The smallest absolute Gasteiger partial charge is 0.307 e. The molecule has 2 rings (SSSR count). The fourth-order valence-corrected chi connectivity index (χ4v) is 3.31. The molecule has 0 aromatic heterocycles. The van der Waals surface area contributed by atoms with Gasteiger partial charge >= 0.3 is 5.97 Å². The van der Waals surface area contributed by atoms with E-state index in [-0.39, 0.29) is 28.4 Å². The molecule has 0 aliphatic carbocycles. The summed E-state index contributed by atoms with van der Waals surface area (Å²) < 4.78 is 56.9. The maximum Gasteiger partial charge on any atom is 0.307 e. The summed E-state index contributed by atoms with van der Waals surface area (Å²) in [5.41, 5.74) is -0.150. The largest absolute Gasteiger partial charge is 0.457 e. The minimum atomic E-state index is -3.85. The summed E-state index contributed by atoms with van der Waals surface area (Å²) in [6.45, 7) is -0.933. The van der Waals surface area contributed by atoms with Crippen molar-refractivity contribution in [3.05, 3.63) is 64.7 Å². The molecule has 0 fully saturated rings. The molecule has 0 saturated carbocycles. The van der Waals surface area contributed by atoms with Crippen molar-refractivity contribution in [3.63, 3.8) is 0 Å². The number of hydrogen-bond acceptors (Lipinski definition) is 5. The van der Waals surface area contributed by atoms with Gasteiger partial charge in [-0.3, -0.25) is 9.59 Å². The normalized spacial score (nSPS) is 11.2. The van der Waals surface area contributed by atoms with Gasteiger partial charge in [0.1, 0.15) is 0 Å². The van der Waals surface area contributed by atoms with Crippen LogP contribution in [-0.4, -0.2) is 33.3 Å². The molecule has 1 N–H and O–H groups in total. The van der Waals surface area contributed by atoms with Crippen molar-refractivity contribution in [2.24, 2.45) is 0 Å². The van der Waals surface area contributed by atoms with Crippen LogP contribution >= 0.6 is 11.6 Å². The first-order valence-electron chi connectivity index (χ1n) is 7.58. The van der Waals surface area contributed by atoms with E-state index in [1.165, 1.54) is 24.3 Å². The molecular formula is C17H14ClF2NO5S. The first-order valence-corrected chi connectivity index (χ1v) is 9.44. The second kappa shape index (κ2) is 9.03. The maximum absolute atomic E-state index is 13.1. The van der Waals surface area contributed by atoms with Gasteiger partial charge in [-0.25, -0.2) is 21.9 Å². The van der Waals surface area contributed by atoms with E-state index in [1.54, 1.807) is 0 Å². The fraction of sp³-hybridized carbons (Fsp3) is 0.176. The molecule has 0 unspecified atom stereocenters. The minimum Gasteiger partial charge on any atom is -0.457 e. The van der Waals surface area contributed by atoms with E-state index in [1.807, 2.05) is 0 Å². The standard InChI is InChI=1S/C17H14ClF2NO5S/c18-12-2-1-3-13(9-12)27(24,25)21-7-6-17(23)26-10-16(22)11-4-5-14(19)15(20)8-11/h1-5,8-9,21H,6-7,10H2. The van der Waals surface area contributed by atoms with Gasteiger partial charge in [0.25, 0.3) is 0 Å². The number of sulfonamides is 1. The fourth-order valence-electron chi connectivity index (χ4n) is 1.98. The molecule has 0 aliphatic rings. The van der Waals surface area contributed by atoms with Crippen LogP contribution in [0.2, 0.25) is 5.02 Å². The van der Waals surface area contributed by atoms with Gasteiger partial charge in [0.05, 0.1) is 11.3 Å². The number of ether oxygens (including phenoxy) is 1. The van der Waals surface area contributed by atoms with Gasteiger partial charge < -0.3 is 4.74 Å². The second-order valence-corrected chi connectivity index (χ2v) is 7.52. The molecule has 0 radical (unpaired) electrons. The average Bonchev–Trinajstić information content (AvgIpc) is 2.62. The lowest BCUT2D eigenvalue weighted by Gasteiger charge is -2.07. The molecule has 6 nitrogen and oxygen atoms in total. The SMILES string of the molecule is O=C(CCNS(=O)(=O)c1cccc(Cl)c1)OCC(=O)c1ccc(F)c(F)c1. The molecule has 0 amide bonds. The Labute approximate surface area is 159 Å². The predicted octanol–water partition coefficient (Wildman–Crippen LogP) is 2.71. The molecule has 10 heteroatoms. The summed E-state index contributed by atoms with van der Waals surface area (Å²) in [6.07, 6.45) is -0.329. The Bertz CT molecular complexity index is 966. The average molecular weight is 418 g/mol. The molecule has 0 bridgehead atoms. The van der Waals surface area contributed by atoms with Crippen molar-refractivity contribution in [3.8, 4) is 0 Å². The Kier molecular flexibility index (Phi) is 7.00. The lowest BCUT2D eigenvalue weighted by Crippen LogP contribution is -2.27. The number of carbonyl (C=O) groups is 2. The molecule has 2 aromatic rings. The van der Waals surface area contributed by atoms with Crippen LogP contribution in [0.4, 0.5) is 8.78 Å². The molecule has 2 aromatic carbocycles. The van der Waals surface area contributed by atoms with E-state index >= 15 is 0 Å². The monoisotopic (exact) mass is 417 g/mol. The van der Waals surface area contributed by atoms with E-state index < -0.39 is 40.0 Å². The molecular weight excluding hydrogens is 404 g/mol. The Hall–Kier alpha value is -2.36. The number of carbonyl (C=O) groups excluding carboxylic acids is 2. The highest BCUT2D eigenvalue weighted by molar-refractivity contribution is 7.89. The predicted molar refractivity (Wildman–Crippen MR) is 92.9 cm³/mol. The Morgan fingerprint density at radius 3 is 2.48 bits per heavy atom. The van der Waals surface area contributed by atoms with Crippen LogP contribution in [0.15, 0.2) is 47.4 Å². The van der Waals surface area contributed by atoms with Gasteiger partial charge in [-0.1, -0.05) is 17.7 Å². The number of esters is 1. The summed E-state index contributed by atoms with van der Waals surface area (Å²) in [6, 6.07) is 8.13. The van der Waals surface area contributed by atoms with Crippen LogP contribution in [0.3, 0.4) is 0 Å². The number of halogens is 3. The van der Waals surface area contributed by atoms with Gasteiger partial charge in [-0.15, -0.1) is 0 Å². The van der Waals surface area contributed by atoms with Crippen LogP contribution < -0.4 is 4.72 Å². The molecule has 0 spiro atoms. The van der Waals surface area contributed by atoms with Gasteiger partial charge in [0.15, 0.2) is 24.0 Å². The third-order valence-corrected chi connectivity index (χ3v) is 5.03. The van der Waals surface area contributed by atoms with Gasteiger partial charge in [-0.05, 0) is 36.4 Å². The lowest BCUT2D eigenvalue weighted by atomic mass is 10.1. The second-order valence-electron chi connectivity index (χ2n) is 5.32. The summed E-state index contributed by atoms with van der Waals surface area (Å²) in [5, 5.41) is 0.244. The van der Waals surface area contributed by atoms with Crippen LogP contribution in [-0.2, 0) is 19.6 Å². The van der Waals surface area contributed by atoms with Gasteiger partial charge in [-0.2, -0.15) is 0 Å². The topological polar surface area (TPSA) is 89.5 Å².